The lowest BCUT2D eigenvalue weighted by Gasteiger charge is -2.50. The largest absolute Gasteiger partial charge is 0.497 e. The molecule has 36 heavy (non-hydrogen) atoms. The minimum Gasteiger partial charge on any atom is -0.497 e. The zero-order chi connectivity index (χ0) is 25.0. The van der Waals surface area contributed by atoms with Crippen molar-refractivity contribution in [3.05, 3.63) is 65.1 Å². The molecule has 6 nitrogen and oxygen atoms in total. The number of aliphatic hydroxyl groups is 1. The Balaban J connectivity index is 1.46. The van der Waals surface area contributed by atoms with E-state index in [9.17, 15) is 14.3 Å². The number of likely N-dealkylation sites (tertiary alicyclic amines) is 1. The van der Waals surface area contributed by atoms with Crippen LogP contribution in [-0.4, -0.2) is 58.7 Å². The number of nitrogens with zero attached hydrogens (tertiary/aromatic N) is 3. The maximum Gasteiger partial charge on any atom is 0.225 e. The molecule has 2 aromatic carbocycles. The quantitative estimate of drug-likeness (QED) is 0.583. The summed E-state index contributed by atoms with van der Waals surface area (Å²) in [6.07, 6.45) is 3.75. The van der Waals surface area contributed by atoms with Crippen molar-refractivity contribution in [1.82, 2.24) is 14.4 Å². The molecule has 1 spiro atoms. The Morgan fingerprint density at radius 2 is 1.92 bits per heavy atom. The third kappa shape index (κ3) is 3.71. The highest BCUT2D eigenvalue weighted by Gasteiger charge is 2.49. The van der Waals surface area contributed by atoms with Gasteiger partial charge in [-0.25, -0.2) is 4.39 Å². The van der Waals surface area contributed by atoms with Crippen LogP contribution in [0.25, 0.3) is 10.9 Å². The molecule has 3 aliphatic rings. The van der Waals surface area contributed by atoms with E-state index in [4.69, 9.17) is 4.74 Å². The van der Waals surface area contributed by atoms with Crippen LogP contribution in [0.15, 0.2) is 42.5 Å². The first kappa shape index (κ1) is 23.5. The Kier molecular flexibility index (Phi) is 5.80. The van der Waals surface area contributed by atoms with Gasteiger partial charge in [-0.05, 0) is 49.4 Å². The Morgan fingerprint density at radius 1 is 1.17 bits per heavy atom. The minimum absolute atomic E-state index is 0.0505. The predicted octanol–water partition coefficient (Wildman–Crippen LogP) is 4.15. The SMILES string of the molecule is COc1ccc2c3c(n(C)c2c1)[C@@H](CO)N(Cc1ccccc1F)CC31CCN(C(=O)C2CC2)CC1. The van der Waals surface area contributed by atoms with Crippen molar-refractivity contribution in [2.24, 2.45) is 13.0 Å². The van der Waals surface area contributed by atoms with E-state index in [-0.39, 0.29) is 29.8 Å². The molecule has 2 aliphatic heterocycles. The number of methoxy groups -OCH3 is 1. The number of carbonyl (C=O) groups excluding carboxylic acids is 1. The molecule has 0 bridgehead atoms. The van der Waals surface area contributed by atoms with E-state index in [0.717, 1.165) is 62.3 Å². The lowest BCUT2D eigenvalue weighted by Crippen LogP contribution is -2.54. The lowest BCUT2D eigenvalue weighted by molar-refractivity contribution is -0.134. The molecule has 1 amide bonds. The summed E-state index contributed by atoms with van der Waals surface area (Å²) in [5, 5.41) is 11.8. The first-order valence-electron chi connectivity index (χ1n) is 13.0. The molecule has 7 heteroatoms. The number of halogens is 1. The number of rotatable bonds is 5. The molecule has 3 heterocycles. The number of aliphatic hydroxyl groups excluding tert-OH is 1. The third-order valence-electron chi connectivity index (χ3n) is 8.71. The fraction of sp³-hybridized carbons (Fsp3) is 0.483. The molecule has 2 fully saturated rings. The van der Waals surface area contributed by atoms with E-state index in [1.807, 2.05) is 18.2 Å². The standard InChI is InChI=1S/C29H34FN3O3/c1-31-24-15-21(36-2)9-10-22(24)26-27(31)25(17-34)33(16-20-5-3-4-6-23(20)30)18-29(26)11-13-32(14-12-29)28(35)19-7-8-19/h3-6,9-10,15,19,25,34H,7-8,11-14,16-18H2,1-2H3/t25-/m1/s1. The van der Waals surface area contributed by atoms with Gasteiger partial charge >= 0.3 is 0 Å². The number of hydrogen-bond donors (Lipinski definition) is 1. The number of piperidine rings is 1. The number of aromatic nitrogens is 1. The number of benzene rings is 2. The summed E-state index contributed by atoms with van der Waals surface area (Å²) < 4.78 is 22.4. The Morgan fingerprint density at radius 3 is 2.58 bits per heavy atom. The fourth-order valence-corrected chi connectivity index (χ4v) is 6.63. The number of ether oxygens (including phenoxy) is 1. The van der Waals surface area contributed by atoms with Crippen LogP contribution in [0, 0.1) is 11.7 Å². The van der Waals surface area contributed by atoms with Gasteiger partial charge in [-0.15, -0.1) is 0 Å². The van der Waals surface area contributed by atoms with Crippen molar-refractivity contribution in [3.63, 3.8) is 0 Å². The second-order valence-electron chi connectivity index (χ2n) is 10.8. The number of aryl methyl sites for hydroxylation is 1. The van der Waals surface area contributed by atoms with Crippen molar-refractivity contribution in [2.45, 2.75) is 43.7 Å². The van der Waals surface area contributed by atoms with Gasteiger partial charge in [0, 0.05) is 67.3 Å². The van der Waals surface area contributed by atoms with Crippen molar-refractivity contribution >= 4 is 16.8 Å². The summed E-state index contributed by atoms with van der Waals surface area (Å²) in [7, 11) is 3.72. The van der Waals surface area contributed by atoms with Crippen LogP contribution in [0.3, 0.4) is 0 Å². The monoisotopic (exact) mass is 491 g/mol. The summed E-state index contributed by atoms with van der Waals surface area (Å²) in [6, 6.07) is 12.8. The summed E-state index contributed by atoms with van der Waals surface area (Å²) >= 11 is 0. The zero-order valence-corrected chi connectivity index (χ0v) is 21.0. The van der Waals surface area contributed by atoms with Gasteiger partial charge in [0.1, 0.15) is 11.6 Å². The zero-order valence-electron chi connectivity index (χ0n) is 21.0. The molecular weight excluding hydrogens is 457 g/mol. The van der Waals surface area contributed by atoms with Crippen molar-refractivity contribution in [2.75, 3.05) is 33.4 Å². The van der Waals surface area contributed by atoms with Crippen molar-refractivity contribution < 1.29 is 19.0 Å². The Labute approximate surface area is 211 Å². The molecule has 3 aromatic rings. The van der Waals surface area contributed by atoms with Gasteiger partial charge in [-0.1, -0.05) is 18.2 Å². The summed E-state index contributed by atoms with van der Waals surface area (Å²) in [6.45, 7) is 2.56. The van der Waals surface area contributed by atoms with Gasteiger partial charge < -0.3 is 19.3 Å². The van der Waals surface area contributed by atoms with Gasteiger partial charge in [0.15, 0.2) is 0 Å². The highest BCUT2D eigenvalue weighted by Crippen LogP contribution is 2.50. The van der Waals surface area contributed by atoms with E-state index >= 15 is 0 Å². The average Bonchev–Trinajstić information content (AvgIpc) is 3.71. The first-order valence-corrected chi connectivity index (χ1v) is 13.0. The fourth-order valence-electron chi connectivity index (χ4n) is 6.63. The molecular formula is C29H34FN3O3. The summed E-state index contributed by atoms with van der Waals surface area (Å²) in [4.78, 5) is 17.1. The van der Waals surface area contributed by atoms with E-state index in [1.165, 1.54) is 17.0 Å². The maximum atomic E-state index is 14.7. The van der Waals surface area contributed by atoms with E-state index < -0.39 is 0 Å². The molecule has 0 radical (unpaired) electrons. The molecule has 1 aliphatic carbocycles. The van der Waals surface area contributed by atoms with Crippen LogP contribution in [0.2, 0.25) is 0 Å². The van der Waals surface area contributed by atoms with E-state index in [1.54, 1.807) is 13.2 Å². The lowest BCUT2D eigenvalue weighted by atomic mass is 9.68. The van der Waals surface area contributed by atoms with Crippen LogP contribution in [0.5, 0.6) is 5.75 Å². The Hall–Kier alpha value is -2.90. The minimum atomic E-state index is -0.250. The Bertz CT molecular complexity index is 1310. The van der Waals surface area contributed by atoms with Crippen molar-refractivity contribution in [1.29, 1.82) is 0 Å². The molecule has 1 aromatic heterocycles. The van der Waals surface area contributed by atoms with Crippen molar-refractivity contribution in [3.8, 4) is 5.75 Å². The topological polar surface area (TPSA) is 57.9 Å². The normalized spacial score (nSPS) is 21.7. The molecule has 1 N–H and O–H groups in total. The molecule has 1 saturated heterocycles. The van der Waals surface area contributed by atoms with Gasteiger partial charge in [-0.2, -0.15) is 0 Å². The predicted molar refractivity (Wildman–Crippen MR) is 136 cm³/mol. The van der Waals surface area contributed by atoms with Crippen LogP contribution >= 0.6 is 0 Å². The first-order chi connectivity index (χ1) is 17.5. The van der Waals surface area contributed by atoms with Gasteiger partial charge in [-0.3, -0.25) is 9.69 Å². The second kappa shape index (κ2) is 8.89. The summed E-state index contributed by atoms with van der Waals surface area (Å²) in [5.41, 5.74) is 3.90. The molecule has 1 saturated carbocycles. The van der Waals surface area contributed by atoms with Gasteiger partial charge in [0.2, 0.25) is 5.91 Å². The molecule has 6 rings (SSSR count). The van der Waals surface area contributed by atoms with Crippen LogP contribution < -0.4 is 4.74 Å². The molecule has 1 atom stereocenters. The van der Waals surface area contributed by atoms with E-state index in [0.29, 0.717) is 18.0 Å². The third-order valence-corrected chi connectivity index (χ3v) is 8.71. The highest BCUT2D eigenvalue weighted by molar-refractivity contribution is 5.89. The number of fused-ring (bicyclic) bond motifs is 4. The van der Waals surface area contributed by atoms with Crippen LogP contribution in [-0.2, 0) is 23.8 Å². The second-order valence-corrected chi connectivity index (χ2v) is 10.8. The average molecular weight is 492 g/mol. The van der Waals surface area contributed by atoms with Crippen LogP contribution in [0.1, 0.15) is 48.5 Å². The number of carbonyl (C=O) groups is 1. The molecule has 190 valence electrons. The smallest absolute Gasteiger partial charge is 0.225 e. The maximum absolute atomic E-state index is 14.7. The van der Waals surface area contributed by atoms with Gasteiger partial charge in [0.25, 0.3) is 0 Å². The highest BCUT2D eigenvalue weighted by atomic mass is 19.1. The molecule has 0 unspecified atom stereocenters. The van der Waals surface area contributed by atoms with Gasteiger partial charge in [0.05, 0.1) is 25.3 Å². The number of hydrogen-bond acceptors (Lipinski definition) is 4. The summed E-state index contributed by atoms with van der Waals surface area (Å²) in [5.74, 6) is 1.10. The van der Waals surface area contributed by atoms with Crippen LogP contribution in [0.4, 0.5) is 4.39 Å². The van der Waals surface area contributed by atoms with E-state index in [2.05, 4.69) is 33.5 Å². The number of amides is 1.